The van der Waals surface area contributed by atoms with Crippen LogP contribution in [0.1, 0.15) is 29.2 Å². The smallest absolute Gasteiger partial charge is 0.254 e. The number of likely N-dealkylation sites (tertiary alicyclic amines) is 1. The van der Waals surface area contributed by atoms with E-state index in [0.717, 1.165) is 37.1 Å². The molecule has 3 aromatic heterocycles. The first-order chi connectivity index (χ1) is 19.5. The van der Waals surface area contributed by atoms with E-state index in [-0.39, 0.29) is 17.3 Å². The molecule has 6 rings (SSSR count). The molecule has 1 fully saturated rings. The Balaban J connectivity index is 1.28. The normalized spacial score (nSPS) is 14.3. The zero-order chi connectivity index (χ0) is 27.6. The second-order valence-corrected chi connectivity index (χ2v) is 9.69. The van der Waals surface area contributed by atoms with Crippen molar-refractivity contribution in [3.63, 3.8) is 0 Å². The minimum atomic E-state index is -0.668. The van der Waals surface area contributed by atoms with Crippen molar-refractivity contribution < 1.29 is 13.9 Å². The van der Waals surface area contributed by atoms with Crippen molar-refractivity contribution in [1.29, 1.82) is 0 Å². The number of hydrogen-bond acceptors (Lipinski definition) is 10. The fourth-order valence-electron chi connectivity index (χ4n) is 4.85. The molecule has 0 bridgehead atoms. The van der Waals surface area contributed by atoms with E-state index in [1.54, 1.807) is 19.4 Å². The fourth-order valence-corrected chi connectivity index (χ4v) is 4.85. The van der Waals surface area contributed by atoms with Crippen LogP contribution in [0.2, 0.25) is 0 Å². The molecule has 1 aliphatic heterocycles. The molecule has 0 aliphatic carbocycles. The Labute approximate surface area is 230 Å². The van der Waals surface area contributed by atoms with Gasteiger partial charge in [-0.1, -0.05) is 18.2 Å². The minimum absolute atomic E-state index is 0.127. The third-order valence-electron chi connectivity index (χ3n) is 6.97. The molecule has 4 heterocycles. The molecule has 1 saturated heterocycles. The maximum Gasteiger partial charge on any atom is 0.254 e. The number of methoxy groups -OCH3 is 1. The molecule has 1 amide bonds. The quantitative estimate of drug-likeness (QED) is 0.260. The van der Waals surface area contributed by atoms with Crippen LogP contribution in [0, 0.1) is 0 Å². The molecular weight excluding hydrogens is 510 g/mol. The molecule has 0 spiro atoms. The zero-order valence-corrected chi connectivity index (χ0v) is 22.2. The number of fused-ring (bicyclic) bond motifs is 1. The molecule has 12 heteroatoms. The molecule has 5 aromatic rings. The van der Waals surface area contributed by atoms with Gasteiger partial charge in [-0.25, -0.2) is 9.97 Å². The molecule has 4 N–H and O–H groups in total. The number of nitrogens with one attached hydrogen (secondary N) is 2. The number of benzene rings is 2. The fraction of sp³-hybridized carbons (Fsp3) is 0.250. The predicted molar refractivity (Wildman–Crippen MR) is 151 cm³/mol. The highest BCUT2D eigenvalue weighted by atomic mass is 16.5. The number of ether oxygens (including phenoxy) is 1. The Morgan fingerprint density at radius 3 is 2.67 bits per heavy atom. The van der Waals surface area contributed by atoms with Gasteiger partial charge in [0.25, 0.3) is 5.91 Å². The minimum Gasteiger partial charge on any atom is -0.494 e. The van der Waals surface area contributed by atoms with E-state index in [9.17, 15) is 4.79 Å². The lowest BCUT2D eigenvalue weighted by atomic mass is 10.1. The van der Waals surface area contributed by atoms with Crippen LogP contribution in [0.5, 0.6) is 5.75 Å². The number of aromatic nitrogens is 5. The van der Waals surface area contributed by atoms with Gasteiger partial charge in [-0.05, 0) is 57.2 Å². The molecule has 204 valence electrons. The number of primary amides is 1. The first-order valence-electron chi connectivity index (χ1n) is 12.9. The van der Waals surface area contributed by atoms with Crippen LogP contribution >= 0.6 is 0 Å². The summed E-state index contributed by atoms with van der Waals surface area (Å²) in [4.78, 5) is 28.0. The van der Waals surface area contributed by atoms with Crippen LogP contribution in [0.25, 0.3) is 22.6 Å². The number of piperidine rings is 1. The molecule has 1 aliphatic rings. The van der Waals surface area contributed by atoms with Gasteiger partial charge in [0.15, 0.2) is 11.3 Å². The lowest BCUT2D eigenvalue weighted by molar-refractivity contribution is 0.100. The van der Waals surface area contributed by atoms with Crippen molar-refractivity contribution in [2.45, 2.75) is 18.9 Å². The van der Waals surface area contributed by atoms with Gasteiger partial charge in [-0.2, -0.15) is 10.1 Å². The SMILES string of the molecule is COc1c(Nc2nc(Nc3cnn(C4CCN(C)CC4)c3)ncc2C(N)=O)cccc1-c1nc2ccccc2o1. The Bertz CT molecular complexity index is 1640. The van der Waals surface area contributed by atoms with Crippen molar-refractivity contribution in [2.75, 3.05) is 37.9 Å². The number of para-hydroxylation sites is 3. The summed E-state index contributed by atoms with van der Waals surface area (Å²) in [7, 11) is 3.68. The summed E-state index contributed by atoms with van der Waals surface area (Å²) in [6, 6.07) is 13.3. The van der Waals surface area contributed by atoms with Gasteiger partial charge >= 0.3 is 0 Å². The van der Waals surface area contributed by atoms with Gasteiger partial charge in [0, 0.05) is 12.4 Å². The van der Waals surface area contributed by atoms with Crippen LogP contribution in [-0.2, 0) is 0 Å². The molecule has 0 unspecified atom stereocenters. The number of amides is 1. The predicted octanol–water partition coefficient (Wildman–Crippen LogP) is 4.34. The van der Waals surface area contributed by atoms with Gasteiger partial charge < -0.3 is 30.4 Å². The zero-order valence-electron chi connectivity index (χ0n) is 22.2. The van der Waals surface area contributed by atoms with E-state index >= 15 is 0 Å². The molecule has 40 heavy (non-hydrogen) atoms. The number of oxazole rings is 1. The number of nitrogens with two attached hydrogens (primary N) is 1. The van der Waals surface area contributed by atoms with Crippen LogP contribution < -0.4 is 21.1 Å². The van der Waals surface area contributed by atoms with Crippen LogP contribution in [-0.4, -0.2) is 62.8 Å². The maximum absolute atomic E-state index is 12.2. The van der Waals surface area contributed by atoms with Crippen LogP contribution in [0.3, 0.4) is 0 Å². The average Bonchev–Trinajstić information content (AvgIpc) is 3.60. The van der Waals surface area contributed by atoms with Gasteiger partial charge in [-0.3, -0.25) is 9.48 Å². The number of anilines is 4. The van der Waals surface area contributed by atoms with E-state index in [0.29, 0.717) is 34.5 Å². The summed E-state index contributed by atoms with van der Waals surface area (Å²) in [6.07, 6.45) is 7.16. The van der Waals surface area contributed by atoms with E-state index in [2.05, 4.69) is 42.6 Å². The molecule has 0 radical (unpaired) electrons. The van der Waals surface area contributed by atoms with Crippen LogP contribution in [0.4, 0.5) is 23.1 Å². The number of carbonyl (C=O) groups is 1. The van der Waals surface area contributed by atoms with Crippen molar-refractivity contribution in [1.82, 2.24) is 29.6 Å². The Hall–Kier alpha value is -4.97. The van der Waals surface area contributed by atoms with Crippen LogP contribution in [0.15, 0.2) is 65.5 Å². The monoisotopic (exact) mass is 539 g/mol. The lowest BCUT2D eigenvalue weighted by Crippen LogP contribution is -2.31. The topological polar surface area (TPSA) is 149 Å². The summed E-state index contributed by atoms with van der Waals surface area (Å²) in [5, 5.41) is 10.9. The Morgan fingerprint density at radius 2 is 1.90 bits per heavy atom. The van der Waals surface area contributed by atoms with E-state index in [4.69, 9.17) is 14.9 Å². The van der Waals surface area contributed by atoms with Crippen molar-refractivity contribution >= 4 is 40.1 Å². The highest BCUT2D eigenvalue weighted by molar-refractivity contribution is 5.98. The first kappa shape index (κ1) is 25.3. The second kappa shape index (κ2) is 10.7. The highest BCUT2D eigenvalue weighted by Gasteiger charge is 2.21. The van der Waals surface area contributed by atoms with Gasteiger partial charge in [-0.15, -0.1) is 0 Å². The van der Waals surface area contributed by atoms with E-state index in [1.807, 2.05) is 47.3 Å². The van der Waals surface area contributed by atoms with Gasteiger partial charge in [0.05, 0.1) is 36.3 Å². The lowest BCUT2D eigenvalue weighted by Gasteiger charge is -2.28. The molecule has 12 nitrogen and oxygen atoms in total. The number of hydrogen-bond donors (Lipinski definition) is 3. The first-order valence-corrected chi connectivity index (χ1v) is 12.9. The van der Waals surface area contributed by atoms with E-state index in [1.165, 1.54) is 6.20 Å². The summed E-state index contributed by atoms with van der Waals surface area (Å²) >= 11 is 0. The standard InChI is InChI=1S/C28H29N9O3/c1-36-12-10-18(11-13-36)37-16-17(14-31-37)32-28-30-15-20(25(29)38)26(35-28)33-22-8-5-6-19(24(22)39-2)27-34-21-7-3-4-9-23(21)40-27/h3-9,14-16,18H,10-13H2,1-2H3,(H2,29,38)(H2,30,32,33,35). The average molecular weight is 540 g/mol. The van der Waals surface area contributed by atoms with Gasteiger partial charge in [0.1, 0.15) is 16.9 Å². The maximum atomic E-state index is 12.2. The molecule has 0 saturated carbocycles. The highest BCUT2D eigenvalue weighted by Crippen LogP contribution is 2.38. The number of carbonyl (C=O) groups excluding carboxylic acids is 1. The second-order valence-electron chi connectivity index (χ2n) is 9.69. The Morgan fingerprint density at radius 1 is 1.07 bits per heavy atom. The third kappa shape index (κ3) is 5.04. The summed E-state index contributed by atoms with van der Waals surface area (Å²) < 4.78 is 13.7. The van der Waals surface area contributed by atoms with Crippen molar-refractivity contribution in [3.8, 4) is 17.2 Å². The largest absolute Gasteiger partial charge is 0.494 e. The van der Waals surface area contributed by atoms with E-state index < -0.39 is 5.91 Å². The number of rotatable bonds is 8. The van der Waals surface area contributed by atoms with Crippen molar-refractivity contribution in [2.24, 2.45) is 5.73 Å². The summed E-state index contributed by atoms with van der Waals surface area (Å²) in [5.74, 6) is 0.712. The third-order valence-corrected chi connectivity index (χ3v) is 6.97. The molecule has 2 aromatic carbocycles. The Kier molecular flexibility index (Phi) is 6.74. The van der Waals surface area contributed by atoms with Gasteiger partial charge in [0.2, 0.25) is 11.8 Å². The van der Waals surface area contributed by atoms with Crippen molar-refractivity contribution in [3.05, 3.63) is 66.6 Å². The summed E-state index contributed by atoms with van der Waals surface area (Å²) in [5.41, 5.74) is 9.10. The number of nitrogens with zero attached hydrogens (tertiary/aromatic N) is 6. The summed E-state index contributed by atoms with van der Waals surface area (Å²) in [6.45, 7) is 2.08. The molecule has 0 atom stereocenters. The molecular formula is C28H29N9O3.